The average Bonchev–Trinajstić information content (AvgIpc) is 2.94. The van der Waals surface area contributed by atoms with Crippen molar-refractivity contribution in [1.82, 2.24) is 19.7 Å². The molecule has 3 rings (SSSR count). The van der Waals surface area contributed by atoms with E-state index >= 15 is 0 Å². The Balaban J connectivity index is 1.84. The summed E-state index contributed by atoms with van der Waals surface area (Å²) in [5.74, 6) is 1.17. The SMILES string of the molecule is CCCCc1ccc(Nc2ncnc(-n3nc(C)cc3C)c2N)cc1. The Bertz CT molecular complexity index is 851. The summed E-state index contributed by atoms with van der Waals surface area (Å²) in [6.07, 6.45) is 5.01. The zero-order valence-electron chi connectivity index (χ0n) is 15.0. The second kappa shape index (κ2) is 7.34. The van der Waals surface area contributed by atoms with Gasteiger partial charge in [0.05, 0.1) is 5.69 Å². The number of hydrogen-bond donors (Lipinski definition) is 2. The maximum atomic E-state index is 6.29. The third-order valence-corrected chi connectivity index (χ3v) is 4.11. The summed E-state index contributed by atoms with van der Waals surface area (Å²) in [6, 6.07) is 10.4. The first-order valence-corrected chi connectivity index (χ1v) is 8.58. The van der Waals surface area contributed by atoms with E-state index in [0.717, 1.165) is 23.5 Å². The Morgan fingerprint density at radius 1 is 1.12 bits per heavy atom. The van der Waals surface area contributed by atoms with E-state index in [1.807, 2.05) is 19.9 Å². The molecule has 0 spiro atoms. The van der Waals surface area contributed by atoms with E-state index in [9.17, 15) is 0 Å². The molecule has 1 aromatic carbocycles. The lowest BCUT2D eigenvalue weighted by Crippen LogP contribution is -2.09. The van der Waals surface area contributed by atoms with Crippen LogP contribution >= 0.6 is 0 Å². The third-order valence-electron chi connectivity index (χ3n) is 4.11. The highest BCUT2D eigenvalue weighted by Gasteiger charge is 2.13. The van der Waals surface area contributed by atoms with Crippen molar-refractivity contribution in [2.75, 3.05) is 11.1 Å². The number of anilines is 3. The number of nitrogens with zero attached hydrogens (tertiary/aromatic N) is 4. The minimum Gasteiger partial charge on any atom is -0.393 e. The first-order chi connectivity index (χ1) is 12.1. The third kappa shape index (κ3) is 3.79. The van der Waals surface area contributed by atoms with Crippen LogP contribution < -0.4 is 11.1 Å². The van der Waals surface area contributed by atoms with E-state index in [2.05, 4.69) is 51.6 Å². The molecule has 2 heterocycles. The average molecular weight is 336 g/mol. The molecule has 6 nitrogen and oxygen atoms in total. The number of hydrogen-bond acceptors (Lipinski definition) is 5. The van der Waals surface area contributed by atoms with Crippen LogP contribution in [0.15, 0.2) is 36.7 Å². The van der Waals surface area contributed by atoms with E-state index in [1.165, 1.54) is 24.7 Å². The van der Waals surface area contributed by atoms with Gasteiger partial charge in [0.25, 0.3) is 0 Å². The molecule has 0 atom stereocenters. The summed E-state index contributed by atoms with van der Waals surface area (Å²) in [7, 11) is 0. The van der Waals surface area contributed by atoms with Gasteiger partial charge in [-0.15, -0.1) is 0 Å². The van der Waals surface area contributed by atoms with E-state index in [0.29, 0.717) is 17.3 Å². The van der Waals surface area contributed by atoms with E-state index in [1.54, 1.807) is 4.68 Å². The minimum atomic E-state index is 0.476. The van der Waals surface area contributed by atoms with Crippen LogP contribution in [0.3, 0.4) is 0 Å². The first kappa shape index (κ1) is 17.0. The Labute approximate surface area is 148 Å². The molecule has 130 valence electrons. The van der Waals surface area contributed by atoms with Crippen LogP contribution in [0, 0.1) is 13.8 Å². The summed E-state index contributed by atoms with van der Waals surface area (Å²) in [6.45, 7) is 6.12. The lowest BCUT2D eigenvalue weighted by atomic mass is 10.1. The number of benzene rings is 1. The molecule has 0 unspecified atom stereocenters. The van der Waals surface area contributed by atoms with Crippen molar-refractivity contribution < 1.29 is 0 Å². The Morgan fingerprint density at radius 2 is 1.88 bits per heavy atom. The molecule has 0 aliphatic heterocycles. The maximum absolute atomic E-state index is 6.29. The molecule has 0 saturated carbocycles. The molecule has 6 heteroatoms. The summed E-state index contributed by atoms with van der Waals surface area (Å²) in [5, 5.41) is 7.72. The van der Waals surface area contributed by atoms with Crippen molar-refractivity contribution in [2.45, 2.75) is 40.0 Å². The summed E-state index contributed by atoms with van der Waals surface area (Å²) in [4.78, 5) is 8.58. The number of aromatic nitrogens is 4. The van der Waals surface area contributed by atoms with Gasteiger partial charge in [0.1, 0.15) is 12.0 Å². The van der Waals surface area contributed by atoms with Gasteiger partial charge in [0.15, 0.2) is 11.6 Å². The summed E-state index contributed by atoms with van der Waals surface area (Å²) >= 11 is 0. The molecule has 25 heavy (non-hydrogen) atoms. The Kier molecular flexibility index (Phi) is 4.97. The molecule has 0 saturated heterocycles. The monoisotopic (exact) mass is 336 g/mol. The smallest absolute Gasteiger partial charge is 0.182 e. The van der Waals surface area contributed by atoms with E-state index in [4.69, 9.17) is 5.73 Å². The molecule has 0 amide bonds. The molecular formula is C19H24N6. The molecule has 0 fully saturated rings. The topological polar surface area (TPSA) is 81.7 Å². The molecule has 0 aliphatic rings. The van der Waals surface area contributed by atoms with E-state index < -0.39 is 0 Å². The lowest BCUT2D eigenvalue weighted by Gasteiger charge is -2.12. The predicted octanol–water partition coefficient (Wildman–Crippen LogP) is 3.95. The van der Waals surface area contributed by atoms with Crippen molar-refractivity contribution >= 4 is 17.2 Å². The number of aryl methyl sites for hydroxylation is 3. The van der Waals surface area contributed by atoms with Crippen LogP contribution in [0.5, 0.6) is 0 Å². The van der Waals surface area contributed by atoms with Gasteiger partial charge in [-0.25, -0.2) is 14.6 Å². The van der Waals surface area contributed by atoms with Crippen molar-refractivity contribution in [1.29, 1.82) is 0 Å². The van der Waals surface area contributed by atoms with Crippen LogP contribution in [0.4, 0.5) is 17.2 Å². The van der Waals surface area contributed by atoms with Gasteiger partial charge in [-0.1, -0.05) is 25.5 Å². The molecule has 3 N–H and O–H groups in total. The Morgan fingerprint density at radius 3 is 2.52 bits per heavy atom. The highest BCUT2D eigenvalue weighted by molar-refractivity contribution is 5.74. The van der Waals surface area contributed by atoms with Gasteiger partial charge in [-0.05, 0) is 50.5 Å². The van der Waals surface area contributed by atoms with Crippen LogP contribution in [0.25, 0.3) is 5.82 Å². The fourth-order valence-corrected chi connectivity index (χ4v) is 2.77. The fourth-order valence-electron chi connectivity index (χ4n) is 2.77. The zero-order valence-corrected chi connectivity index (χ0v) is 15.0. The van der Waals surface area contributed by atoms with Gasteiger partial charge in [0.2, 0.25) is 0 Å². The predicted molar refractivity (Wildman–Crippen MR) is 101 cm³/mol. The van der Waals surface area contributed by atoms with Crippen LogP contribution in [-0.2, 0) is 6.42 Å². The first-order valence-electron chi connectivity index (χ1n) is 8.58. The summed E-state index contributed by atoms with van der Waals surface area (Å²) < 4.78 is 1.74. The van der Waals surface area contributed by atoms with Crippen molar-refractivity contribution in [3.63, 3.8) is 0 Å². The number of rotatable bonds is 6. The zero-order chi connectivity index (χ0) is 17.8. The standard InChI is InChI=1S/C19H24N6/c1-4-5-6-15-7-9-16(10-8-15)23-18-17(20)19(22-12-21-18)25-14(3)11-13(2)24-25/h7-12H,4-6,20H2,1-3H3,(H,21,22,23). The molecule has 0 radical (unpaired) electrons. The van der Waals surface area contributed by atoms with Crippen molar-refractivity contribution in [2.24, 2.45) is 0 Å². The van der Waals surface area contributed by atoms with Crippen molar-refractivity contribution in [3.05, 3.63) is 53.6 Å². The van der Waals surface area contributed by atoms with E-state index in [-0.39, 0.29) is 0 Å². The molecular weight excluding hydrogens is 312 g/mol. The molecule has 2 aromatic heterocycles. The van der Waals surface area contributed by atoms with Crippen LogP contribution in [-0.4, -0.2) is 19.7 Å². The minimum absolute atomic E-state index is 0.476. The number of nitrogen functional groups attached to an aromatic ring is 1. The largest absolute Gasteiger partial charge is 0.393 e. The number of nitrogens with two attached hydrogens (primary N) is 1. The van der Waals surface area contributed by atoms with Gasteiger partial charge in [-0.3, -0.25) is 0 Å². The number of unbranched alkanes of at least 4 members (excludes halogenated alkanes) is 1. The fraction of sp³-hybridized carbons (Fsp3) is 0.316. The quantitative estimate of drug-likeness (QED) is 0.712. The molecule has 0 bridgehead atoms. The van der Waals surface area contributed by atoms with Crippen molar-refractivity contribution in [3.8, 4) is 5.82 Å². The molecule has 0 aliphatic carbocycles. The second-order valence-electron chi connectivity index (χ2n) is 6.22. The lowest BCUT2D eigenvalue weighted by molar-refractivity contribution is 0.795. The normalized spacial score (nSPS) is 10.8. The summed E-state index contributed by atoms with van der Waals surface area (Å²) in [5.41, 5.74) is 11.0. The maximum Gasteiger partial charge on any atom is 0.182 e. The molecule has 3 aromatic rings. The second-order valence-corrected chi connectivity index (χ2v) is 6.22. The highest BCUT2D eigenvalue weighted by atomic mass is 15.3. The van der Waals surface area contributed by atoms with Gasteiger partial charge < -0.3 is 11.1 Å². The van der Waals surface area contributed by atoms with Gasteiger partial charge >= 0.3 is 0 Å². The number of nitrogens with one attached hydrogen (secondary N) is 1. The van der Waals surface area contributed by atoms with Gasteiger partial charge in [-0.2, -0.15) is 5.10 Å². The van der Waals surface area contributed by atoms with Gasteiger partial charge in [0, 0.05) is 11.4 Å². The highest BCUT2D eigenvalue weighted by Crippen LogP contribution is 2.26. The van der Waals surface area contributed by atoms with Crippen LogP contribution in [0.2, 0.25) is 0 Å². The van der Waals surface area contributed by atoms with Crippen LogP contribution in [0.1, 0.15) is 36.7 Å². The Hall–Kier alpha value is -2.89.